The number of carboxylic acids is 1. The number of hydrogen-bond acceptors (Lipinski definition) is 2. The van der Waals surface area contributed by atoms with Gasteiger partial charge in [-0.3, -0.25) is 9.59 Å². The summed E-state index contributed by atoms with van der Waals surface area (Å²) >= 11 is 0. The molecule has 0 fully saturated rings. The van der Waals surface area contributed by atoms with Crippen LogP contribution in [0, 0.1) is 5.92 Å². The summed E-state index contributed by atoms with van der Waals surface area (Å²) in [5.74, 6) is -1.87. The van der Waals surface area contributed by atoms with E-state index in [1.54, 1.807) is 6.92 Å². The molecule has 1 rings (SSSR count). The molecule has 118 valence electrons. The van der Waals surface area contributed by atoms with E-state index in [4.69, 9.17) is 5.11 Å². The molecular formula is C13H17F3N2O3. The number of nitrogens with zero attached hydrogens (tertiary/aromatic N) is 1. The predicted molar refractivity (Wildman–Crippen MR) is 68.9 cm³/mol. The summed E-state index contributed by atoms with van der Waals surface area (Å²) in [7, 11) is 0. The molecule has 0 aromatic carbocycles. The molecule has 0 aliphatic carbocycles. The Bertz CT molecular complexity index is 497. The van der Waals surface area contributed by atoms with E-state index in [9.17, 15) is 22.8 Å². The number of alkyl halides is 3. The normalized spacial score (nSPS) is 13.0. The number of amides is 1. The summed E-state index contributed by atoms with van der Waals surface area (Å²) < 4.78 is 37.9. The Labute approximate surface area is 119 Å². The number of halogens is 3. The van der Waals surface area contributed by atoms with Crippen LogP contribution < -0.4 is 5.32 Å². The topological polar surface area (TPSA) is 71.3 Å². The highest BCUT2D eigenvalue weighted by Gasteiger charge is 2.29. The molecule has 0 aliphatic heterocycles. The average molecular weight is 306 g/mol. The molecule has 0 bridgehead atoms. The highest BCUT2D eigenvalue weighted by atomic mass is 19.4. The van der Waals surface area contributed by atoms with Crippen molar-refractivity contribution in [2.45, 2.75) is 32.5 Å². The van der Waals surface area contributed by atoms with Gasteiger partial charge >= 0.3 is 12.1 Å². The Morgan fingerprint density at radius 1 is 1.43 bits per heavy atom. The lowest BCUT2D eigenvalue weighted by Gasteiger charge is -2.15. The minimum absolute atomic E-state index is 0.0969. The molecule has 21 heavy (non-hydrogen) atoms. The first kappa shape index (κ1) is 17.1. The van der Waals surface area contributed by atoms with Crippen LogP contribution in [0.5, 0.6) is 0 Å². The van der Waals surface area contributed by atoms with Gasteiger partial charge in [0.05, 0.1) is 0 Å². The van der Waals surface area contributed by atoms with Crippen LogP contribution in [0.3, 0.4) is 0 Å². The van der Waals surface area contributed by atoms with Crippen LogP contribution in [0.15, 0.2) is 18.3 Å². The molecule has 0 saturated heterocycles. The van der Waals surface area contributed by atoms with Crippen molar-refractivity contribution in [2.24, 2.45) is 5.92 Å². The minimum Gasteiger partial charge on any atom is -0.481 e. The van der Waals surface area contributed by atoms with Crippen molar-refractivity contribution in [1.82, 2.24) is 9.88 Å². The zero-order valence-corrected chi connectivity index (χ0v) is 11.5. The summed E-state index contributed by atoms with van der Waals surface area (Å²) in [5, 5.41) is 11.2. The van der Waals surface area contributed by atoms with Gasteiger partial charge in [-0.15, -0.1) is 0 Å². The summed E-state index contributed by atoms with van der Waals surface area (Å²) in [5.41, 5.74) is -0.0995. The number of carboxylic acid groups (broad SMARTS) is 1. The number of aliphatic carboxylic acids is 1. The van der Waals surface area contributed by atoms with Crippen molar-refractivity contribution in [2.75, 3.05) is 6.54 Å². The first-order valence-electron chi connectivity index (χ1n) is 6.44. The molecule has 1 aromatic heterocycles. The van der Waals surface area contributed by atoms with E-state index in [1.807, 2.05) is 0 Å². The molecule has 1 atom stereocenters. The summed E-state index contributed by atoms with van der Waals surface area (Å²) in [6.45, 7) is 0.653. The summed E-state index contributed by atoms with van der Waals surface area (Å²) in [6, 6.07) is 2.65. The smallest absolute Gasteiger partial charge is 0.406 e. The third-order valence-corrected chi connectivity index (χ3v) is 3.00. The molecule has 1 amide bonds. The van der Waals surface area contributed by atoms with Gasteiger partial charge < -0.3 is 15.0 Å². The van der Waals surface area contributed by atoms with Gasteiger partial charge in [0.15, 0.2) is 0 Å². The van der Waals surface area contributed by atoms with Crippen LogP contribution in [0.2, 0.25) is 0 Å². The van der Waals surface area contributed by atoms with Gasteiger partial charge in [0, 0.05) is 19.2 Å². The van der Waals surface area contributed by atoms with Crippen molar-refractivity contribution < 1.29 is 27.9 Å². The Morgan fingerprint density at radius 2 is 2.10 bits per heavy atom. The SMILES string of the molecule is CCC(CNC(=O)c1cccn1CC(F)(F)F)CC(=O)O. The summed E-state index contributed by atoms with van der Waals surface area (Å²) in [4.78, 5) is 22.5. The second-order valence-electron chi connectivity index (χ2n) is 4.72. The lowest BCUT2D eigenvalue weighted by atomic mass is 10.0. The molecular weight excluding hydrogens is 289 g/mol. The Balaban J connectivity index is 2.64. The van der Waals surface area contributed by atoms with E-state index in [-0.39, 0.29) is 24.6 Å². The molecule has 1 aromatic rings. The van der Waals surface area contributed by atoms with Crippen LogP contribution in [0.1, 0.15) is 30.3 Å². The Kier molecular flexibility index (Phi) is 5.80. The van der Waals surface area contributed by atoms with Crippen molar-refractivity contribution in [3.05, 3.63) is 24.0 Å². The molecule has 0 spiro atoms. The summed E-state index contributed by atoms with van der Waals surface area (Å²) in [6.07, 6.45) is -2.78. The fraction of sp³-hybridized carbons (Fsp3) is 0.538. The van der Waals surface area contributed by atoms with E-state index >= 15 is 0 Å². The van der Waals surface area contributed by atoms with E-state index in [0.29, 0.717) is 6.42 Å². The van der Waals surface area contributed by atoms with E-state index in [1.165, 1.54) is 18.3 Å². The van der Waals surface area contributed by atoms with Gasteiger partial charge in [0.1, 0.15) is 12.2 Å². The lowest BCUT2D eigenvalue weighted by molar-refractivity contribution is -0.141. The fourth-order valence-electron chi connectivity index (χ4n) is 1.89. The van der Waals surface area contributed by atoms with Gasteiger partial charge in [0.2, 0.25) is 0 Å². The van der Waals surface area contributed by atoms with Crippen LogP contribution in [-0.4, -0.2) is 34.3 Å². The number of hydrogen-bond donors (Lipinski definition) is 2. The number of carbonyl (C=O) groups is 2. The second-order valence-corrected chi connectivity index (χ2v) is 4.72. The van der Waals surface area contributed by atoms with E-state index in [0.717, 1.165) is 4.57 Å². The van der Waals surface area contributed by atoms with Gasteiger partial charge in [-0.05, 0) is 18.1 Å². The van der Waals surface area contributed by atoms with Crippen LogP contribution >= 0.6 is 0 Å². The zero-order valence-electron chi connectivity index (χ0n) is 11.5. The van der Waals surface area contributed by atoms with E-state index < -0.39 is 24.6 Å². The first-order chi connectivity index (χ1) is 9.73. The number of rotatable bonds is 7. The minimum atomic E-state index is -4.41. The van der Waals surface area contributed by atoms with E-state index in [2.05, 4.69) is 5.32 Å². The van der Waals surface area contributed by atoms with Crippen LogP contribution in [0.4, 0.5) is 13.2 Å². The van der Waals surface area contributed by atoms with Gasteiger partial charge in [-0.2, -0.15) is 13.2 Å². The highest BCUT2D eigenvalue weighted by molar-refractivity contribution is 5.92. The molecule has 0 aliphatic rings. The van der Waals surface area contributed by atoms with Gasteiger partial charge in [0.25, 0.3) is 5.91 Å². The Morgan fingerprint density at radius 3 is 2.62 bits per heavy atom. The third kappa shape index (κ3) is 5.88. The molecule has 8 heteroatoms. The van der Waals surface area contributed by atoms with Crippen LogP contribution in [-0.2, 0) is 11.3 Å². The zero-order chi connectivity index (χ0) is 16.0. The van der Waals surface area contributed by atoms with Crippen LogP contribution in [0.25, 0.3) is 0 Å². The Hall–Kier alpha value is -1.99. The third-order valence-electron chi connectivity index (χ3n) is 3.00. The molecule has 1 unspecified atom stereocenters. The molecule has 0 saturated carbocycles. The van der Waals surface area contributed by atoms with Crippen molar-refractivity contribution in [3.63, 3.8) is 0 Å². The molecule has 5 nitrogen and oxygen atoms in total. The molecule has 0 radical (unpaired) electrons. The maximum atomic E-state index is 12.4. The molecule has 2 N–H and O–H groups in total. The second kappa shape index (κ2) is 7.14. The predicted octanol–water partition coefficient (Wildman–Crippen LogP) is 2.28. The van der Waals surface area contributed by atoms with Gasteiger partial charge in [-0.1, -0.05) is 13.3 Å². The first-order valence-corrected chi connectivity index (χ1v) is 6.44. The van der Waals surface area contributed by atoms with Crippen molar-refractivity contribution in [3.8, 4) is 0 Å². The average Bonchev–Trinajstić information content (AvgIpc) is 2.79. The number of carbonyl (C=O) groups excluding carboxylic acids is 1. The largest absolute Gasteiger partial charge is 0.481 e. The maximum Gasteiger partial charge on any atom is 0.406 e. The monoisotopic (exact) mass is 306 g/mol. The fourth-order valence-corrected chi connectivity index (χ4v) is 1.89. The van der Waals surface area contributed by atoms with Crippen molar-refractivity contribution in [1.29, 1.82) is 0 Å². The number of aromatic nitrogens is 1. The van der Waals surface area contributed by atoms with Crippen molar-refractivity contribution >= 4 is 11.9 Å². The molecule has 1 heterocycles. The van der Waals surface area contributed by atoms with Gasteiger partial charge in [-0.25, -0.2) is 0 Å². The number of nitrogens with one attached hydrogen (secondary N) is 1. The highest BCUT2D eigenvalue weighted by Crippen LogP contribution is 2.19. The maximum absolute atomic E-state index is 12.4. The quantitative estimate of drug-likeness (QED) is 0.812. The lowest BCUT2D eigenvalue weighted by Crippen LogP contribution is -2.32. The standard InChI is InChI=1S/C13H17F3N2O3/c1-2-9(6-11(19)20)7-17-12(21)10-4-3-5-18(10)8-13(14,15)16/h3-5,9H,2,6-8H2,1H3,(H,17,21)(H,19,20).